The molecule has 1 aromatic carbocycles. The third-order valence-corrected chi connectivity index (χ3v) is 5.21. The van der Waals surface area contributed by atoms with Gasteiger partial charge in [0.1, 0.15) is 5.82 Å². The number of anilines is 2. The minimum absolute atomic E-state index is 0.694. The van der Waals surface area contributed by atoms with Gasteiger partial charge in [-0.15, -0.1) is 0 Å². The molecule has 7 heteroatoms. The van der Waals surface area contributed by atoms with Gasteiger partial charge >= 0.3 is 0 Å². The molecule has 0 aliphatic carbocycles. The predicted molar refractivity (Wildman–Crippen MR) is 107 cm³/mol. The van der Waals surface area contributed by atoms with Crippen molar-refractivity contribution >= 4 is 22.5 Å². The van der Waals surface area contributed by atoms with Gasteiger partial charge in [0.25, 0.3) is 0 Å². The van der Waals surface area contributed by atoms with Crippen molar-refractivity contribution in [1.82, 2.24) is 19.2 Å². The lowest BCUT2D eigenvalue weighted by Gasteiger charge is -2.33. The first-order valence-electron chi connectivity index (χ1n) is 8.79. The van der Waals surface area contributed by atoms with Crippen molar-refractivity contribution in [2.75, 3.05) is 43.4 Å². The molecule has 1 N–H and O–H groups in total. The van der Waals surface area contributed by atoms with Gasteiger partial charge < -0.3 is 15.1 Å². The maximum absolute atomic E-state index is 4.63. The summed E-state index contributed by atoms with van der Waals surface area (Å²) in [5.41, 5.74) is 2.18. The number of hydrogen-bond donors (Lipinski definition) is 1. The smallest absolute Gasteiger partial charge is 0.203 e. The molecule has 134 valence electrons. The SMILES string of the molecule is CN1CCN(c2ccc(CNc3nc(-c4ccccc4)ns3)cn2)CC1. The summed E-state index contributed by atoms with van der Waals surface area (Å²) < 4.78 is 4.42. The molecular formula is C19H22N6S. The van der Waals surface area contributed by atoms with E-state index in [0.29, 0.717) is 6.54 Å². The lowest BCUT2D eigenvalue weighted by Crippen LogP contribution is -2.44. The predicted octanol–water partition coefficient (Wildman–Crippen LogP) is 2.96. The molecule has 1 aliphatic rings. The number of pyridine rings is 1. The van der Waals surface area contributed by atoms with Crippen LogP contribution in [0.25, 0.3) is 11.4 Å². The molecule has 2 aromatic heterocycles. The molecule has 3 heterocycles. The van der Waals surface area contributed by atoms with E-state index in [9.17, 15) is 0 Å². The number of likely N-dealkylation sites (N-methyl/N-ethyl adjacent to an activating group) is 1. The zero-order chi connectivity index (χ0) is 17.8. The van der Waals surface area contributed by atoms with E-state index in [0.717, 1.165) is 54.1 Å². The van der Waals surface area contributed by atoms with Crippen molar-refractivity contribution in [2.45, 2.75) is 6.54 Å². The Morgan fingerprint density at radius 2 is 1.85 bits per heavy atom. The van der Waals surface area contributed by atoms with Gasteiger partial charge in [-0.05, 0) is 18.7 Å². The van der Waals surface area contributed by atoms with Crippen molar-refractivity contribution < 1.29 is 0 Å². The van der Waals surface area contributed by atoms with E-state index in [2.05, 4.69) is 48.6 Å². The van der Waals surface area contributed by atoms with Gasteiger partial charge in [0, 0.05) is 56.0 Å². The number of benzene rings is 1. The largest absolute Gasteiger partial charge is 0.356 e. The second kappa shape index (κ2) is 7.80. The Labute approximate surface area is 157 Å². The Bertz CT molecular complexity index is 825. The van der Waals surface area contributed by atoms with Crippen molar-refractivity contribution in [3.8, 4) is 11.4 Å². The van der Waals surface area contributed by atoms with Crippen LogP contribution in [0, 0.1) is 0 Å². The summed E-state index contributed by atoms with van der Waals surface area (Å²) in [5, 5.41) is 4.17. The van der Waals surface area contributed by atoms with Crippen LogP contribution in [0.2, 0.25) is 0 Å². The average molecular weight is 366 g/mol. The third kappa shape index (κ3) is 4.00. The molecule has 0 bridgehead atoms. The normalized spacial score (nSPS) is 15.2. The second-order valence-corrected chi connectivity index (χ2v) is 7.21. The van der Waals surface area contributed by atoms with Crippen molar-refractivity contribution in [2.24, 2.45) is 0 Å². The van der Waals surface area contributed by atoms with Crippen molar-refractivity contribution in [3.05, 3.63) is 54.2 Å². The summed E-state index contributed by atoms with van der Waals surface area (Å²) in [7, 11) is 2.16. The summed E-state index contributed by atoms with van der Waals surface area (Å²) in [5.74, 6) is 1.82. The monoisotopic (exact) mass is 366 g/mol. The molecular weight excluding hydrogens is 344 g/mol. The molecule has 4 rings (SSSR count). The van der Waals surface area contributed by atoms with Gasteiger partial charge in [0.2, 0.25) is 5.13 Å². The van der Waals surface area contributed by atoms with Gasteiger partial charge in [-0.25, -0.2) is 4.98 Å². The third-order valence-electron chi connectivity index (χ3n) is 4.54. The van der Waals surface area contributed by atoms with E-state index in [1.54, 1.807) is 0 Å². The Morgan fingerprint density at radius 3 is 2.58 bits per heavy atom. The highest BCUT2D eigenvalue weighted by atomic mass is 32.1. The molecule has 1 fully saturated rings. The van der Waals surface area contributed by atoms with Crippen LogP contribution in [0.15, 0.2) is 48.7 Å². The van der Waals surface area contributed by atoms with Crippen LogP contribution in [-0.4, -0.2) is 52.5 Å². The second-order valence-electron chi connectivity index (χ2n) is 6.46. The molecule has 0 radical (unpaired) electrons. The summed E-state index contributed by atoms with van der Waals surface area (Å²) in [4.78, 5) is 13.9. The molecule has 6 nitrogen and oxygen atoms in total. The maximum Gasteiger partial charge on any atom is 0.203 e. The van der Waals surface area contributed by atoms with Crippen LogP contribution in [0.1, 0.15) is 5.56 Å². The Morgan fingerprint density at radius 1 is 1.04 bits per heavy atom. The average Bonchev–Trinajstić information content (AvgIpc) is 3.17. The van der Waals surface area contributed by atoms with E-state index in [1.165, 1.54) is 11.5 Å². The molecule has 0 atom stereocenters. The first-order valence-corrected chi connectivity index (χ1v) is 9.57. The molecule has 1 saturated heterocycles. The first-order chi connectivity index (χ1) is 12.8. The van der Waals surface area contributed by atoms with Gasteiger partial charge in [-0.1, -0.05) is 36.4 Å². The standard InChI is InChI=1S/C19H22N6S/c1-24-9-11-25(12-10-24)17-8-7-15(13-20-17)14-21-19-22-18(23-26-19)16-5-3-2-4-6-16/h2-8,13H,9-12,14H2,1H3,(H,21,22,23). The summed E-state index contributed by atoms with van der Waals surface area (Å²) in [6.45, 7) is 4.94. The molecule has 0 spiro atoms. The van der Waals surface area contributed by atoms with Gasteiger partial charge in [0.15, 0.2) is 5.82 Å². The van der Waals surface area contributed by atoms with Crippen LogP contribution in [-0.2, 0) is 6.54 Å². The number of rotatable bonds is 5. The van der Waals surface area contributed by atoms with Crippen LogP contribution in [0.3, 0.4) is 0 Å². The van der Waals surface area contributed by atoms with Crippen molar-refractivity contribution in [1.29, 1.82) is 0 Å². The lowest BCUT2D eigenvalue weighted by atomic mass is 10.2. The number of aromatic nitrogens is 3. The maximum atomic E-state index is 4.63. The lowest BCUT2D eigenvalue weighted by molar-refractivity contribution is 0.312. The quantitative estimate of drug-likeness (QED) is 0.749. The van der Waals surface area contributed by atoms with Crippen LogP contribution in [0.5, 0.6) is 0 Å². The molecule has 0 saturated carbocycles. The molecule has 1 aliphatic heterocycles. The van der Waals surface area contributed by atoms with Gasteiger partial charge in [-0.2, -0.15) is 9.36 Å². The number of nitrogens with one attached hydrogen (secondary N) is 1. The molecule has 26 heavy (non-hydrogen) atoms. The van der Waals surface area contributed by atoms with Crippen LogP contribution in [0.4, 0.5) is 10.9 Å². The zero-order valence-electron chi connectivity index (χ0n) is 14.8. The van der Waals surface area contributed by atoms with E-state index in [-0.39, 0.29) is 0 Å². The summed E-state index contributed by atoms with van der Waals surface area (Å²) in [6.07, 6.45) is 1.94. The topological polar surface area (TPSA) is 57.2 Å². The van der Waals surface area contributed by atoms with Crippen LogP contribution >= 0.6 is 11.5 Å². The molecule has 3 aromatic rings. The van der Waals surface area contributed by atoms with E-state index in [4.69, 9.17) is 0 Å². The Kier molecular flexibility index (Phi) is 5.08. The molecule has 0 amide bonds. The Hall–Kier alpha value is -2.51. The van der Waals surface area contributed by atoms with E-state index in [1.807, 2.05) is 36.5 Å². The number of piperazine rings is 1. The highest BCUT2D eigenvalue weighted by molar-refractivity contribution is 7.09. The fourth-order valence-corrected chi connectivity index (χ4v) is 3.50. The number of nitrogens with zero attached hydrogens (tertiary/aromatic N) is 5. The summed E-state index contributed by atoms with van der Waals surface area (Å²) in [6, 6.07) is 14.3. The number of hydrogen-bond acceptors (Lipinski definition) is 7. The minimum Gasteiger partial charge on any atom is -0.356 e. The first kappa shape index (κ1) is 16.9. The van der Waals surface area contributed by atoms with Crippen molar-refractivity contribution in [3.63, 3.8) is 0 Å². The Balaban J connectivity index is 1.34. The highest BCUT2D eigenvalue weighted by Gasteiger charge is 2.15. The fraction of sp³-hybridized carbons (Fsp3) is 0.316. The van der Waals surface area contributed by atoms with Gasteiger partial charge in [0.05, 0.1) is 0 Å². The van der Waals surface area contributed by atoms with Gasteiger partial charge in [-0.3, -0.25) is 0 Å². The molecule has 0 unspecified atom stereocenters. The fourth-order valence-electron chi connectivity index (χ4n) is 2.92. The van der Waals surface area contributed by atoms with E-state index < -0.39 is 0 Å². The van der Waals surface area contributed by atoms with E-state index >= 15 is 0 Å². The highest BCUT2D eigenvalue weighted by Crippen LogP contribution is 2.21. The van der Waals surface area contributed by atoms with Crippen LogP contribution < -0.4 is 10.2 Å². The minimum atomic E-state index is 0.694. The zero-order valence-corrected chi connectivity index (χ0v) is 15.6. The summed E-state index contributed by atoms with van der Waals surface area (Å²) >= 11 is 1.38.